The Kier molecular flexibility index (Phi) is 5.67. The highest BCUT2D eigenvalue weighted by molar-refractivity contribution is 6.03. The molecule has 1 aromatic carbocycles. The van der Waals surface area contributed by atoms with Crippen LogP contribution in [0.2, 0.25) is 0 Å². The van der Waals surface area contributed by atoms with Gasteiger partial charge in [-0.2, -0.15) is 18.3 Å². The number of nitrogens with two attached hydrogens (primary N) is 2. The van der Waals surface area contributed by atoms with E-state index in [1.165, 1.54) is 10.7 Å². The quantitative estimate of drug-likeness (QED) is 0.505. The fourth-order valence-corrected chi connectivity index (χ4v) is 4.56. The number of aromatic nitrogens is 2. The van der Waals surface area contributed by atoms with Crippen LogP contribution in [-0.2, 0) is 4.79 Å². The monoisotopic (exact) mass is 479 g/mol. The predicted octanol–water partition coefficient (Wildman–Crippen LogP) is 2.50. The van der Waals surface area contributed by atoms with Crippen molar-refractivity contribution in [3.8, 4) is 28.8 Å². The van der Waals surface area contributed by atoms with Crippen LogP contribution in [0.4, 0.5) is 23.4 Å². The molecule has 0 atom stereocenters. The molecule has 1 saturated heterocycles. The number of benzene rings is 1. The van der Waals surface area contributed by atoms with Crippen molar-refractivity contribution >= 4 is 17.6 Å². The van der Waals surface area contributed by atoms with E-state index in [2.05, 4.69) is 21.7 Å². The number of likely N-dealkylation sites (tertiary alicyclic amines) is 1. The number of carbonyl (C=O) groups is 2. The van der Waals surface area contributed by atoms with E-state index < -0.39 is 30.3 Å². The molecule has 1 aliphatic carbocycles. The zero-order valence-electron chi connectivity index (χ0n) is 18.1. The van der Waals surface area contributed by atoms with Crippen LogP contribution in [0.25, 0.3) is 11.3 Å². The number of ether oxygens (including phenoxy) is 1. The summed E-state index contributed by atoms with van der Waals surface area (Å²) in [5.74, 6) is 2.33. The van der Waals surface area contributed by atoms with E-state index in [1.54, 1.807) is 11.8 Å². The third-order valence-electron chi connectivity index (χ3n) is 6.04. The number of halogens is 4. The first kappa shape index (κ1) is 23.4. The van der Waals surface area contributed by atoms with Gasteiger partial charge in [0, 0.05) is 24.1 Å². The molecule has 2 fully saturated rings. The molecule has 2 amide bonds. The molecule has 1 aromatic heterocycles. The largest absolute Gasteiger partial charge is 0.481 e. The second kappa shape index (κ2) is 8.23. The number of hydrogen-bond acceptors (Lipinski definition) is 5. The molecule has 180 valence electrons. The van der Waals surface area contributed by atoms with Gasteiger partial charge in [-0.1, -0.05) is 5.92 Å². The standard InChI is InChI=1S/C22H21F4N5O3/c1-2-3-16(32)30-9-21(10-30)7-13(8-21)31-19(27)17(20(28)33)18(29-31)12-4-5-14(23)15(6-12)34-11-22(24,25)26/h4-6,13H,7-11,27H2,1H3,(H2,28,33). The molecule has 8 nitrogen and oxygen atoms in total. The van der Waals surface area contributed by atoms with Crippen LogP contribution in [0.15, 0.2) is 18.2 Å². The highest BCUT2D eigenvalue weighted by atomic mass is 19.4. The summed E-state index contributed by atoms with van der Waals surface area (Å²) in [7, 11) is 0. The van der Waals surface area contributed by atoms with Crippen LogP contribution in [-0.4, -0.2) is 52.4 Å². The number of carbonyl (C=O) groups excluding carboxylic acids is 2. The molecule has 2 heterocycles. The van der Waals surface area contributed by atoms with Gasteiger partial charge >= 0.3 is 6.18 Å². The molecule has 4 N–H and O–H groups in total. The van der Waals surface area contributed by atoms with Gasteiger partial charge in [0.25, 0.3) is 11.8 Å². The number of nitrogens with zero attached hydrogens (tertiary/aromatic N) is 3. The average Bonchev–Trinajstić information content (AvgIpc) is 3.02. The number of anilines is 1. The Hall–Kier alpha value is -3.75. The van der Waals surface area contributed by atoms with Crippen molar-refractivity contribution in [2.75, 3.05) is 25.4 Å². The van der Waals surface area contributed by atoms with Crippen molar-refractivity contribution in [2.45, 2.75) is 32.0 Å². The molecular weight excluding hydrogens is 458 g/mol. The Balaban J connectivity index is 1.56. The fraction of sp³-hybridized carbons (Fsp3) is 0.409. The number of nitrogen functional groups attached to an aromatic ring is 1. The van der Waals surface area contributed by atoms with Crippen LogP contribution >= 0.6 is 0 Å². The molecule has 4 rings (SSSR count). The fourth-order valence-electron chi connectivity index (χ4n) is 4.56. The summed E-state index contributed by atoms with van der Waals surface area (Å²) < 4.78 is 57.5. The first-order chi connectivity index (χ1) is 15.9. The minimum absolute atomic E-state index is 0.00791. The minimum Gasteiger partial charge on any atom is -0.481 e. The first-order valence-corrected chi connectivity index (χ1v) is 10.3. The van der Waals surface area contributed by atoms with Gasteiger partial charge in [0.05, 0.1) is 6.04 Å². The van der Waals surface area contributed by atoms with Crippen molar-refractivity contribution in [1.82, 2.24) is 14.7 Å². The third-order valence-corrected chi connectivity index (χ3v) is 6.04. The Morgan fingerprint density at radius 2 is 1.97 bits per heavy atom. The van der Waals surface area contributed by atoms with E-state index in [9.17, 15) is 27.2 Å². The van der Waals surface area contributed by atoms with E-state index in [4.69, 9.17) is 11.5 Å². The van der Waals surface area contributed by atoms with E-state index in [-0.39, 0.29) is 40.0 Å². The highest BCUT2D eigenvalue weighted by Crippen LogP contribution is 2.54. The van der Waals surface area contributed by atoms with Gasteiger partial charge in [0.15, 0.2) is 18.2 Å². The molecule has 0 radical (unpaired) electrons. The Morgan fingerprint density at radius 3 is 2.56 bits per heavy atom. The Bertz CT molecular complexity index is 1210. The van der Waals surface area contributed by atoms with Crippen molar-refractivity contribution < 1.29 is 31.9 Å². The van der Waals surface area contributed by atoms with Crippen molar-refractivity contribution in [3.63, 3.8) is 0 Å². The van der Waals surface area contributed by atoms with E-state index >= 15 is 0 Å². The van der Waals surface area contributed by atoms with E-state index in [1.807, 2.05) is 0 Å². The maximum atomic E-state index is 14.0. The molecule has 2 aliphatic rings. The summed E-state index contributed by atoms with van der Waals surface area (Å²) in [6.45, 7) is 1.03. The van der Waals surface area contributed by atoms with Crippen LogP contribution in [0.3, 0.4) is 0 Å². The van der Waals surface area contributed by atoms with E-state index in [0.717, 1.165) is 12.1 Å². The van der Waals surface area contributed by atoms with Gasteiger partial charge in [0.2, 0.25) is 0 Å². The Labute approximate surface area is 191 Å². The summed E-state index contributed by atoms with van der Waals surface area (Å²) in [6, 6.07) is 3.02. The summed E-state index contributed by atoms with van der Waals surface area (Å²) >= 11 is 0. The number of hydrogen-bond donors (Lipinski definition) is 2. The summed E-state index contributed by atoms with van der Waals surface area (Å²) in [5.41, 5.74) is 11.6. The first-order valence-electron chi connectivity index (χ1n) is 10.3. The van der Waals surface area contributed by atoms with Crippen LogP contribution in [0.5, 0.6) is 5.75 Å². The number of alkyl halides is 3. The van der Waals surface area contributed by atoms with Gasteiger partial charge in [-0.05, 0) is 43.9 Å². The molecule has 1 spiro atoms. The maximum Gasteiger partial charge on any atom is 0.422 e. The number of rotatable bonds is 5. The normalized spacial score (nSPS) is 16.9. The average molecular weight is 479 g/mol. The van der Waals surface area contributed by atoms with Gasteiger partial charge in [-0.3, -0.25) is 9.59 Å². The molecule has 0 bridgehead atoms. The summed E-state index contributed by atoms with van der Waals surface area (Å²) in [5, 5.41) is 4.40. The number of primary amides is 1. The summed E-state index contributed by atoms with van der Waals surface area (Å²) in [6.07, 6.45) is -3.34. The molecule has 12 heteroatoms. The molecule has 0 unspecified atom stereocenters. The third kappa shape index (κ3) is 4.25. The van der Waals surface area contributed by atoms with Crippen LogP contribution < -0.4 is 16.2 Å². The molecule has 1 saturated carbocycles. The van der Waals surface area contributed by atoms with Crippen LogP contribution in [0.1, 0.15) is 36.2 Å². The zero-order valence-corrected chi connectivity index (χ0v) is 18.1. The highest BCUT2D eigenvalue weighted by Gasteiger charge is 2.54. The smallest absolute Gasteiger partial charge is 0.422 e. The predicted molar refractivity (Wildman–Crippen MR) is 113 cm³/mol. The van der Waals surface area contributed by atoms with Crippen molar-refractivity contribution in [2.24, 2.45) is 11.1 Å². The zero-order chi connectivity index (χ0) is 24.8. The van der Waals surface area contributed by atoms with Crippen LogP contribution in [0, 0.1) is 23.1 Å². The number of amides is 2. The lowest BCUT2D eigenvalue weighted by Crippen LogP contribution is -2.63. The molecular formula is C22H21F4N5O3. The summed E-state index contributed by atoms with van der Waals surface area (Å²) in [4.78, 5) is 25.6. The molecule has 2 aromatic rings. The van der Waals surface area contributed by atoms with Gasteiger partial charge in [0.1, 0.15) is 17.1 Å². The van der Waals surface area contributed by atoms with E-state index in [0.29, 0.717) is 25.9 Å². The lowest BCUT2D eigenvalue weighted by molar-refractivity contribution is -0.153. The second-order valence-corrected chi connectivity index (χ2v) is 8.57. The second-order valence-electron chi connectivity index (χ2n) is 8.57. The van der Waals surface area contributed by atoms with Gasteiger partial charge < -0.3 is 21.1 Å². The van der Waals surface area contributed by atoms with Gasteiger partial charge in [-0.15, -0.1) is 0 Å². The SMILES string of the molecule is CC#CC(=O)N1CC2(CC(n3nc(-c4ccc(F)c(OCC(F)(F)F)c4)c(C(N)=O)c3N)C2)C1. The van der Waals surface area contributed by atoms with Gasteiger partial charge in [-0.25, -0.2) is 9.07 Å². The minimum atomic E-state index is -4.65. The lowest BCUT2D eigenvalue weighted by Gasteiger charge is -2.58. The van der Waals surface area contributed by atoms with Crippen molar-refractivity contribution in [1.29, 1.82) is 0 Å². The maximum absolute atomic E-state index is 14.0. The Morgan fingerprint density at radius 1 is 1.29 bits per heavy atom. The molecule has 34 heavy (non-hydrogen) atoms. The molecule has 1 aliphatic heterocycles. The van der Waals surface area contributed by atoms with Crippen molar-refractivity contribution in [3.05, 3.63) is 29.6 Å². The topological polar surface area (TPSA) is 116 Å². The lowest BCUT2D eigenvalue weighted by atomic mass is 9.60.